The van der Waals surface area contributed by atoms with Gasteiger partial charge in [0, 0.05) is 11.8 Å². The van der Waals surface area contributed by atoms with Crippen LogP contribution in [-0.2, 0) is 6.42 Å². The van der Waals surface area contributed by atoms with Crippen LogP contribution in [0.4, 0.5) is 17.3 Å². The Morgan fingerprint density at radius 2 is 2.22 bits per heavy atom. The van der Waals surface area contributed by atoms with Gasteiger partial charge in [-0.25, -0.2) is 9.83 Å². The van der Waals surface area contributed by atoms with Crippen molar-refractivity contribution in [1.29, 1.82) is 0 Å². The molecule has 0 spiro atoms. The van der Waals surface area contributed by atoms with Crippen LogP contribution < -0.4 is 5.32 Å². The second-order valence-corrected chi connectivity index (χ2v) is 4.19. The van der Waals surface area contributed by atoms with Crippen LogP contribution >= 0.6 is 11.6 Å². The van der Waals surface area contributed by atoms with Gasteiger partial charge in [0.2, 0.25) is 5.69 Å². The molecule has 2 rings (SSSR count). The summed E-state index contributed by atoms with van der Waals surface area (Å²) >= 11 is 5.99. The highest BCUT2D eigenvalue weighted by atomic mass is 35.5. The third-order valence-corrected chi connectivity index (χ3v) is 2.75. The Labute approximate surface area is 110 Å². The van der Waals surface area contributed by atoms with Crippen molar-refractivity contribution in [1.82, 2.24) is 15.2 Å². The van der Waals surface area contributed by atoms with E-state index in [0.29, 0.717) is 17.3 Å². The molecule has 0 bridgehead atoms. The normalized spacial score (nSPS) is 10.1. The number of anilines is 2. The summed E-state index contributed by atoms with van der Waals surface area (Å²) in [7, 11) is 0. The zero-order valence-electron chi connectivity index (χ0n) is 10.1. The Morgan fingerprint density at radius 1 is 1.44 bits per heavy atom. The van der Waals surface area contributed by atoms with Crippen LogP contribution in [0.5, 0.6) is 0 Å². The largest absolute Gasteiger partial charge is 0.324 e. The van der Waals surface area contributed by atoms with Crippen LogP contribution in [0.2, 0.25) is 5.15 Å². The van der Waals surface area contributed by atoms with Crippen LogP contribution in [0.15, 0.2) is 12.1 Å². The van der Waals surface area contributed by atoms with Crippen LogP contribution in [0.25, 0.3) is 4.85 Å². The van der Waals surface area contributed by atoms with Gasteiger partial charge in [-0.1, -0.05) is 18.5 Å². The topological polar surface area (TPSA) is 58.0 Å². The summed E-state index contributed by atoms with van der Waals surface area (Å²) in [4.78, 5) is 7.54. The zero-order chi connectivity index (χ0) is 13.1. The average Bonchev–Trinajstić information content (AvgIpc) is 2.74. The van der Waals surface area contributed by atoms with E-state index in [9.17, 15) is 0 Å². The number of pyridine rings is 1. The number of nitrogens with one attached hydrogen (secondary N) is 2. The Morgan fingerprint density at radius 3 is 2.78 bits per heavy atom. The van der Waals surface area contributed by atoms with E-state index in [4.69, 9.17) is 18.2 Å². The highest BCUT2D eigenvalue weighted by Gasteiger charge is 2.10. The van der Waals surface area contributed by atoms with Crippen molar-refractivity contribution < 1.29 is 0 Å². The van der Waals surface area contributed by atoms with E-state index in [0.717, 1.165) is 17.7 Å². The number of nitrogens with zero attached hydrogens (tertiary/aromatic N) is 3. The van der Waals surface area contributed by atoms with E-state index in [2.05, 4.69) is 25.3 Å². The summed E-state index contributed by atoms with van der Waals surface area (Å²) in [6.07, 6.45) is 0.730. The van der Waals surface area contributed by atoms with E-state index in [1.54, 1.807) is 0 Å². The fourth-order valence-electron chi connectivity index (χ4n) is 1.62. The molecule has 0 aliphatic rings. The highest BCUT2D eigenvalue weighted by molar-refractivity contribution is 6.32. The average molecular weight is 262 g/mol. The van der Waals surface area contributed by atoms with Gasteiger partial charge in [-0.2, -0.15) is 5.10 Å². The highest BCUT2D eigenvalue weighted by Crippen LogP contribution is 2.31. The minimum atomic E-state index is 0.221. The molecule has 0 aliphatic carbocycles. The molecule has 0 radical (unpaired) electrons. The van der Waals surface area contributed by atoms with Gasteiger partial charge in [0.15, 0.2) is 5.82 Å². The molecule has 2 heterocycles. The van der Waals surface area contributed by atoms with Gasteiger partial charge in [0.05, 0.1) is 6.57 Å². The molecule has 18 heavy (non-hydrogen) atoms. The lowest BCUT2D eigenvalue weighted by atomic mass is 10.2. The van der Waals surface area contributed by atoms with Gasteiger partial charge < -0.3 is 5.32 Å². The number of aryl methyl sites for hydroxylation is 2. The molecule has 0 unspecified atom stereocenters. The molecule has 0 saturated heterocycles. The summed E-state index contributed by atoms with van der Waals surface area (Å²) in [5, 5.41) is 10.2. The number of rotatable bonds is 3. The second kappa shape index (κ2) is 5.07. The maximum absolute atomic E-state index is 7.09. The predicted molar refractivity (Wildman–Crippen MR) is 71.5 cm³/mol. The number of H-pyrrole nitrogens is 1. The molecule has 0 fully saturated rings. The van der Waals surface area contributed by atoms with Crippen molar-refractivity contribution >= 4 is 28.9 Å². The molecule has 2 N–H and O–H groups in total. The van der Waals surface area contributed by atoms with Crippen molar-refractivity contribution in [2.24, 2.45) is 0 Å². The smallest absolute Gasteiger partial charge is 0.226 e. The third-order valence-electron chi connectivity index (χ3n) is 2.48. The molecule has 0 aliphatic heterocycles. The molecule has 5 nitrogen and oxygen atoms in total. The lowest BCUT2D eigenvalue weighted by molar-refractivity contribution is 1.05. The van der Waals surface area contributed by atoms with Crippen molar-refractivity contribution in [3.05, 3.63) is 40.0 Å². The summed E-state index contributed by atoms with van der Waals surface area (Å²) in [6, 6.07) is 3.69. The molecule has 6 heteroatoms. The van der Waals surface area contributed by atoms with Crippen molar-refractivity contribution in [2.75, 3.05) is 5.32 Å². The van der Waals surface area contributed by atoms with Crippen LogP contribution in [0.1, 0.15) is 18.2 Å². The molecule has 0 saturated carbocycles. The molecule has 0 atom stereocenters. The molecule has 0 amide bonds. The predicted octanol–water partition coefficient (Wildman–Crippen LogP) is 3.62. The minimum absolute atomic E-state index is 0.221. The maximum Gasteiger partial charge on any atom is 0.226 e. The van der Waals surface area contributed by atoms with Gasteiger partial charge in [-0.05, 0) is 25.0 Å². The number of hydrogen-bond donors (Lipinski definition) is 2. The van der Waals surface area contributed by atoms with Gasteiger partial charge in [-0.15, -0.1) is 0 Å². The lowest BCUT2D eigenvalue weighted by Crippen LogP contribution is -1.96. The molecule has 0 aromatic carbocycles. The standard InChI is InChI=1S/C12H12ClN5/c1-4-8-6-9(16-12(13)11(8)14-3)15-10-5-7(2)17-18-10/h5-6H,4H2,1-2H3,(H2,15,16,17,18). The first-order valence-corrected chi connectivity index (χ1v) is 5.87. The SMILES string of the molecule is [C-]#[N+]c1c(CC)cc(Nc2cc(C)[nH]n2)nc1Cl. The first-order valence-electron chi connectivity index (χ1n) is 5.50. The quantitative estimate of drug-likeness (QED) is 0.655. The van der Waals surface area contributed by atoms with Crippen LogP contribution in [0.3, 0.4) is 0 Å². The van der Waals surface area contributed by atoms with Gasteiger partial charge >= 0.3 is 0 Å². The van der Waals surface area contributed by atoms with Crippen molar-refractivity contribution in [3.63, 3.8) is 0 Å². The zero-order valence-corrected chi connectivity index (χ0v) is 10.8. The lowest BCUT2D eigenvalue weighted by Gasteiger charge is -2.07. The van der Waals surface area contributed by atoms with Crippen LogP contribution in [-0.4, -0.2) is 15.2 Å². The van der Waals surface area contributed by atoms with Gasteiger partial charge in [0.1, 0.15) is 11.0 Å². The van der Waals surface area contributed by atoms with E-state index in [1.807, 2.05) is 26.0 Å². The Hall–Kier alpha value is -2.06. The van der Waals surface area contributed by atoms with E-state index < -0.39 is 0 Å². The first kappa shape index (κ1) is 12.4. The second-order valence-electron chi connectivity index (χ2n) is 3.83. The maximum atomic E-state index is 7.09. The van der Waals surface area contributed by atoms with E-state index in [1.165, 1.54) is 0 Å². The molecular formula is C12H12ClN5. The summed E-state index contributed by atoms with van der Waals surface area (Å²) in [5.74, 6) is 1.27. The summed E-state index contributed by atoms with van der Waals surface area (Å²) in [6.45, 7) is 11.0. The molecule has 92 valence electrons. The fraction of sp³-hybridized carbons (Fsp3) is 0.250. The monoisotopic (exact) mass is 261 g/mol. The van der Waals surface area contributed by atoms with E-state index in [-0.39, 0.29) is 5.15 Å². The summed E-state index contributed by atoms with van der Waals surface area (Å²) in [5.41, 5.74) is 2.25. The van der Waals surface area contributed by atoms with Crippen molar-refractivity contribution in [2.45, 2.75) is 20.3 Å². The van der Waals surface area contributed by atoms with Gasteiger partial charge in [-0.3, -0.25) is 5.10 Å². The Balaban J connectivity index is 2.35. The summed E-state index contributed by atoms with van der Waals surface area (Å²) < 4.78 is 0. The fourth-order valence-corrected chi connectivity index (χ4v) is 1.88. The van der Waals surface area contributed by atoms with Crippen molar-refractivity contribution in [3.8, 4) is 0 Å². The number of aromatic amines is 1. The van der Waals surface area contributed by atoms with E-state index >= 15 is 0 Å². The van der Waals surface area contributed by atoms with Crippen LogP contribution in [0, 0.1) is 13.5 Å². The van der Waals surface area contributed by atoms with Gasteiger partial charge in [0.25, 0.3) is 0 Å². The third kappa shape index (κ3) is 2.44. The number of hydrogen-bond acceptors (Lipinski definition) is 3. The number of aromatic nitrogens is 3. The molecule has 2 aromatic heterocycles. The Kier molecular flexibility index (Phi) is 3.49. The first-order chi connectivity index (χ1) is 8.63. The minimum Gasteiger partial charge on any atom is -0.324 e. The Bertz CT molecular complexity index is 611. The molecule has 2 aromatic rings. The number of halogens is 1. The molecular weight excluding hydrogens is 250 g/mol.